The number of hydrogen-bond acceptors (Lipinski definition) is 3. The molecule has 1 aromatic carbocycles. The van der Waals surface area contributed by atoms with E-state index in [-0.39, 0.29) is 18.0 Å². The SMILES string of the molecule is CNC(=O)C(C)NC(C)c1ccc(SC)cc1. The van der Waals surface area contributed by atoms with Gasteiger partial charge in [0.25, 0.3) is 0 Å². The molecule has 1 aromatic rings. The van der Waals surface area contributed by atoms with Crippen LogP contribution < -0.4 is 10.6 Å². The van der Waals surface area contributed by atoms with Gasteiger partial charge in [-0.1, -0.05) is 12.1 Å². The van der Waals surface area contributed by atoms with E-state index in [0.29, 0.717) is 0 Å². The summed E-state index contributed by atoms with van der Waals surface area (Å²) in [7, 11) is 1.65. The smallest absolute Gasteiger partial charge is 0.236 e. The standard InChI is InChI=1S/C13H20N2OS/c1-9(15-10(2)13(16)14-3)11-5-7-12(17-4)8-6-11/h5-10,15H,1-4H3,(H,14,16). The molecule has 1 amide bonds. The summed E-state index contributed by atoms with van der Waals surface area (Å²) in [6, 6.07) is 8.37. The lowest BCUT2D eigenvalue weighted by atomic mass is 10.1. The third kappa shape index (κ3) is 4.06. The number of rotatable bonds is 5. The highest BCUT2D eigenvalue weighted by Crippen LogP contribution is 2.19. The molecule has 0 aliphatic rings. The molecule has 94 valence electrons. The summed E-state index contributed by atoms with van der Waals surface area (Å²) in [4.78, 5) is 12.7. The van der Waals surface area contributed by atoms with Crippen molar-refractivity contribution in [1.82, 2.24) is 10.6 Å². The van der Waals surface area contributed by atoms with Gasteiger partial charge >= 0.3 is 0 Å². The van der Waals surface area contributed by atoms with Crippen LogP contribution in [-0.2, 0) is 4.79 Å². The minimum Gasteiger partial charge on any atom is -0.358 e. The van der Waals surface area contributed by atoms with Crippen molar-refractivity contribution in [3.63, 3.8) is 0 Å². The third-order valence-electron chi connectivity index (χ3n) is 2.76. The Morgan fingerprint density at radius 2 is 1.82 bits per heavy atom. The summed E-state index contributed by atoms with van der Waals surface area (Å²) in [6.45, 7) is 3.93. The molecule has 3 nitrogen and oxygen atoms in total. The molecule has 2 atom stereocenters. The molecule has 4 heteroatoms. The molecule has 0 aliphatic carbocycles. The predicted molar refractivity (Wildman–Crippen MR) is 73.3 cm³/mol. The highest BCUT2D eigenvalue weighted by molar-refractivity contribution is 7.98. The fourth-order valence-corrected chi connectivity index (χ4v) is 2.06. The zero-order valence-electron chi connectivity index (χ0n) is 10.8. The summed E-state index contributed by atoms with van der Waals surface area (Å²) in [5, 5.41) is 5.90. The molecule has 0 aliphatic heterocycles. The van der Waals surface area contributed by atoms with Crippen molar-refractivity contribution in [2.24, 2.45) is 0 Å². The summed E-state index contributed by atoms with van der Waals surface area (Å²) < 4.78 is 0. The number of amides is 1. The number of nitrogens with one attached hydrogen (secondary N) is 2. The van der Waals surface area contributed by atoms with Crippen LogP contribution in [0.3, 0.4) is 0 Å². The van der Waals surface area contributed by atoms with Crippen molar-refractivity contribution in [3.05, 3.63) is 29.8 Å². The van der Waals surface area contributed by atoms with Crippen LogP contribution in [-0.4, -0.2) is 25.3 Å². The average molecular weight is 252 g/mol. The fourth-order valence-electron chi connectivity index (χ4n) is 1.66. The monoisotopic (exact) mass is 252 g/mol. The molecule has 17 heavy (non-hydrogen) atoms. The molecule has 0 spiro atoms. The number of carbonyl (C=O) groups excluding carboxylic acids is 1. The van der Waals surface area contributed by atoms with Crippen molar-refractivity contribution in [1.29, 1.82) is 0 Å². The first-order valence-electron chi connectivity index (χ1n) is 5.70. The molecule has 2 N–H and O–H groups in total. The van der Waals surface area contributed by atoms with Crippen LogP contribution in [0, 0.1) is 0 Å². The maximum atomic E-state index is 11.4. The van der Waals surface area contributed by atoms with Crippen molar-refractivity contribution in [2.75, 3.05) is 13.3 Å². The second-order valence-corrected chi connectivity index (χ2v) is 4.88. The van der Waals surface area contributed by atoms with E-state index in [1.807, 2.05) is 6.92 Å². The molecule has 2 unspecified atom stereocenters. The molecular weight excluding hydrogens is 232 g/mol. The van der Waals surface area contributed by atoms with Gasteiger partial charge in [-0.2, -0.15) is 0 Å². The largest absolute Gasteiger partial charge is 0.358 e. The average Bonchev–Trinajstić information content (AvgIpc) is 2.37. The molecule has 0 heterocycles. The Bertz CT molecular complexity index is 364. The van der Waals surface area contributed by atoms with Crippen molar-refractivity contribution >= 4 is 17.7 Å². The van der Waals surface area contributed by atoms with Gasteiger partial charge in [-0.3, -0.25) is 10.1 Å². The summed E-state index contributed by atoms with van der Waals surface area (Å²) in [5.41, 5.74) is 1.19. The lowest BCUT2D eigenvalue weighted by Gasteiger charge is -2.19. The lowest BCUT2D eigenvalue weighted by Crippen LogP contribution is -2.41. The number of hydrogen-bond donors (Lipinski definition) is 2. The molecule has 0 saturated heterocycles. The Balaban J connectivity index is 2.62. The first kappa shape index (κ1) is 14.1. The quantitative estimate of drug-likeness (QED) is 0.789. The second kappa shape index (κ2) is 6.67. The number of benzene rings is 1. The first-order chi connectivity index (χ1) is 8.08. The van der Waals surface area contributed by atoms with Crippen molar-refractivity contribution in [2.45, 2.75) is 30.8 Å². The van der Waals surface area contributed by atoms with Gasteiger partial charge in [-0.15, -0.1) is 11.8 Å². The normalized spacial score (nSPS) is 14.1. The van der Waals surface area contributed by atoms with Gasteiger partial charge in [0.15, 0.2) is 0 Å². The summed E-state index contributed by atoms with van der Waals surface area (Å²) in [6.07, 6.45) is 2.06. The lowest BCUT2D eigenvalue weighted by molar-refractivity contribution is -0.122. The zero-order valence-corrected chi connectivity index (χ0v) is 11.6. The Labute approximate surface area is 107 Å². The van der Waals surface area contributed by atoms with Crippen LogP contribution in [0.2, 0.25) is 0 Å². The van der Waals surface area contributed by atoms with Gasteiger partial charge in [-0.05, 0) is 37.8 Å². The van der Waals surface area contributed by atoms with Gasteiger partial charge in [-0.25, -0.2) is 0 Å². The van der Waals surface area contributed by atoms with Crippen LogP contribution in [0.5, 0.6) is 0 Å². The number of carbonyl (C=O) groups is 1. The topological polar surface area (TPSA) is 41.1 Å². The van der Waals surface area contributed by atoms with Gasteiger partial charge in [0.2, 0.25) is 5.91 Å². The van der Waals surface area contributed by atoms with E-state index in [0.717, 1.165) is 0 Å². The van der Waals surface area contributed by atoms with Gasteiger partial charge < -0.3 is 5.32 Å². The van der Waals surface area contributed by atoms with Crippen LogP contribution in [0.4, 0.5) is 0 Å². The van der Waals surface area contributed by atoms with Gasteiger partial charge in [0.05, 0.1) is 6.04 Å². The molecule has 0 radical (unpaired) electrons. The molecule has 0 aromatic heterocycles. The highest BCUT2D eigenvalue weighted by atomic mass is 32.2. The maximum Gasteiger partial charge on any atom is 0.236 e. The Morgan fingerprint density at radius 1 is 1.24 bits per heavy atom. The van der Waals surface area contributed by atoms with E-state index >= 15 is 0 Å². The van der Waals surface area contributed by atoms with E-state index in [2.05, 4.69) is 48.1 Å². The summed E-state index contributed by atoms with van der Waals surface area (Å²) in [5.74, 6) is 0.0117. The van der Waals surface area contributed by atoms with Crippen molar-refractivity contribution in [3.8, 4) is 0 Å². The van der Waals surface area contributed by atoms with Crippen LogP contribution in [0.1, 0.15) is 25.5 Å². The van der Waals surface area contributed by atoms with E-state index in [1.165, 1.54) is 10.5 Å². The molecular formula is C13H20N2OS. The van der Waals surface area contributed by atoms with Crippen LogP contribution in [0.15, 0.2) is 29.2 Å². The summed E-state index contributed by atoms with van der Waals surface area (Å²) >= 11 is 1.73. The number of likely N-dealkylation sites (N-methyl/N-ethyl adjacent to an activating group) is 1. The zero-order chi connectivity index (χ0) is 12.8. The predicted octanol–water partition coefficient (Wildman–Crippen LogP) is 2.19. The van der Waals surface area contributed by atoms with E-state index in [9.17, 15) is 4.79 Å². The minimum atomic E-state index is -0.185. The minimum absolute atomic E-state index is 0.0117. The molecule has 0 saturated carbocycles. The first-order valence-corrected chi connectivity index (χ1v) is 6.92. The van der Waals surface area contributed by atoms with Crippen molar-refractivity contribution < 1.29 is 4.79 Å². The Morgan fingerprint density at radius 3 is 2.29 bits per heavy atom. The van der Waals surface area contributed by atoms with Crippen LogP contribution >= 0.6 is 11.8 Å². The highest BCUT2D eigenvalue weighted by Gasteiger charge is 2.14. The molecule has 0 fully saturated rings. The van der Waals surface area contributed by atoms with Gasteiger partial charge in [0, 0.05) is 18.0 Å². The second-order valence-electron chi connectivity index (χ2n) is 4.00. The van der Waals surface area contributed by atoms with E-state index < -0.39 is 0 Å². The maximum absolute atomic E-state index is 11.4. The molecule has 0 bridgehead atoms. The van der Waals surface area contributed by atoms with E-state index in [4.69, 9.17) is 0 Å². The molecule has 1 rings (SSSR count). The van der Waals surface area contributed by atoms with Gasteiger partial charge in [0.1, 0.15) is 0 Å². The number of thioether (sulfide) groups is 1. The van der Waals surface area contributed by atoms with Crippen LogP contribution in [0.25, 0.3) is 0 Å². The fraction of sp³-hybridized carbons (Fsp3) is 0.462. The third-order valence-corrected chi connectivity index (χ3v) is 3.50. The Kier molecular flexibility index (Phi) is 5.51. The van der Waals surface area contributed by atoms with E-state index in [1.54, 1.807) is 18.8 Å². The Hall–Kier alpha value is -1.00.